The fourth-order valence-electron chi connectivity index (χ4n) is 1.65. The molecule has 0 radical (unpaired) electrons. The number of ether oxygens (including phenoxy) is 1. The van der Waals surface area contributed by atoms with Crippen molar-refractivity contribution in [2.45, 2.75) is 0 Å². The van der Waals surface area contributed by atoms with E-state index in [0.717, 1.165) is 17.7 Å². The lowest BCUT2D eigenvalue weighted by Crippen LogP contribution is -2.20. The van der Waals surface area contributed by atoms with Crippen molar-refractivity contribution in [2.24, 2.45) is 0 Å². The monoisotopic (exact) mass is 350 g/mol. The zero-order chi connectivity index (χ0) is 17.5. The minimum Gasteiger partial charge on any atom is -0.452 e. The van der Waals surface area contributed by atoms with Gasteiger partial charge in [0.1, 0.15) is 0 Å². The number of halogens is 1. The molecule has 0 spiro atoms. The number of amides is 1. The number of nitrogens with one attached hydrogen (secondary N) is 1. The van der Waals surface area contributed by atoms with E-state index < -0.39 is 34.9 Å². The summed E-state index contributed by atoms with van der Waals surface area (Å²) < 4.78 is 17.9. The molecule has 0 saturated heterocycles. The summed E-state index contributed by atoms with van der Waals surface area (Å²) in [5.41, 5.74) is 0.0986. The van der Waals surface area contributed by atoms with Gasteiger partial charge in [-0.15, -0.1) is 0 Å². The summed E-state index contributed by atoms with van der Waals surface area (Å²) in [6.07, 6.45) is 2.72. The largest absolute Gasteiger partial charge is 0.452 e. The highest BCUT2D eigenvalue weighted by molar-refractivity contribution is 7.08. The number of nitro benzene ring substituents is 1. The molecular formula is C15H11FN2O5S. The smallest absolute Gasteiger partial charge is 0.331 e. The summed E-state index contributed by atoms with van der Waals surface area (Å²) in [4.78, 5) is 32.8. The van der Waals surface area contributed by atoms with Crippen LogP contribution in [0, 0.1) is 15.9 Å². The van der Waals surface area contributed by atoms with Crippen LogP contribution >= 0.6 is 11.3 Å². The molecule has 0 aliphatic rings. The van der Waals surface area contributed by atoms with Gasteiger partial charge in [-0.2, -0.15) is 15.7 Å². The van der Waals surface area contributed by atoms with E-state index in [1.807, 2.05) is 16.8 Å². The summed E-state index contributed by atoms with van der Waals surface area (Å²) >= 11 is 1.47. The van der Waals surface area contributed by atoms with Gasteiger partial charge < -0.3 is 10.1 Å². The Bertz CT molecular complexity index is 789. The third-order valence-corrected chi connectivity index (χ3v) is 3.43. The van der Waals surface area contributed by atoms with Crippen molar-refractivity contribution in [3.05, 3.63) is 62.6 Å². The minimum atomic E-state index is -1.01. The first kappa shape index (κ1) is 17.3. The van der Waals surface area contributed by atoms with Gasteiger partial charge in [-0.3, -0.25) is 14.9 Å². The SMILES string of the molecule is O=C(COC(=O)/C=C/c1ccsc1)Nc1ccc(F)c([N+](=O)[O-])c1. The first-order valence-electron chi connectivity index (χ1n) is 6.56. The number of esters is 1. The fraction of sp³-hybridized carbons (Fsp3) is 0.0667. The van der Waals surface area contributed by atoms with E-state index in [9.17, 15) is 24.1 Å². The maximum Gasteiger partial charge on any atom is 0.331 e. The standard InChI is InChI=1S/C15H11FN2O5S/c16-12-3-2-11(7-13(12)18(21)22)17-14(19)8-23-15(20)4-1-10-5-6-24-9-10/h1-7,9H,8H2,(H,17,19)/b4-1+. The molecule has 0 fully saturated rings. The van der Waals surface area contributed by atoms with Gasteiger partial charge >= 0.3 is 11.7 Å². The van der Waals surface area contributed by atoms with E-state index in [2.05, 4.69) is 5.32 Å². The zero-order valence-electron chi connectivity index (χ0n) is 12.1. The van der Waals surface area contributed by atoms with Crippen molar-refractivity contribution in [3.63, 3.8) is 0 Å². The van der Waals surface area contributed by atoms with Gasteiger partial charge in [-0.25, -0.2) is 4.79 Å². The van der Waals surface area contributed by atoms with Gasteiger partial charge in [0.25, 0.3) is 5.91 Å². The maximum atomic E-state index is 13.2. The molecule has 2 aromatic rings. The predicted molar refractivity (Wildman–Crippen MR) is 86.0 cm³/mol. The molecule has 1 aromatic carbocycles. The Balaban J connectivity index is 1.86. The number of anilines is 1. The molecule has 1 N–H and O–H groups in total. The van der Waals surface area contributed by atoms with Gasteiger partial charge in [0, 0.05) is 17.8 Å². The van der Waals surface area contributed by atoms with Crippen molar-refractivity contribution in [1.29, 1.82) is 0 Å². The number of hydrogen-bond donors (Lipinski definition) is 1. The molecule has 0 bridgehead atoms. The minimum absolute atomic E-state index is 0.0259. The molecule has 0 unspecified atom stereocenters. The normalized spacial score (nSPS) is 10.5. The number of carbonyl (C=O) groups is 2. The molecule has 0 saturated carbocycles. The van der Waals surface area contributed by atoms with Gasteiger partial charge in [0.2, 0.25) is 5.82 Å². The van der Waals surface area contributed by atoms with E-state index in [0.29, 0.717) is 0 Å². The van der Waals surface area contributed by atoms with Crippen molar-refractivity contribution < 1.29 is 23.6 Å². The van der Waals surface area contributed by atoms with E-state index in [-0.39, 0.29) is 5.69 Å². The van der Waals surface area contributed by atoms with Crippen molar-refractivity contribution in [1.82, 2.24) is 0 Å². The highest BCUT2D eigenvalue weighted by Gasteiger charge is 2.15. The lowest BCUT2D eigenvalue weighted by Gasteiger charge is -2.05. The first-order chi connectivity index (χ1) is 11.5. The highest BCUT2D eigenvalue weighted by atomic mass is 32.1. The Morgan fingerprint density at radius 3 is 2.83 bits per heavy atom. The summed E-state index contributed by atoms with van der Waals surface area (Å²) in [7, 11) is 0. The number of carbonyl (C=O) groups excluding carboxylic acids is 2. The summed E-state index contributed by atoms with van der Waals surface area (Å²) in [5, 5.41) is 16.6. The molecule has 9 heteroatoms. The molecule has 0 aliphatic carbocycles. The summed E-state index contributed by atoms with van der Waals surface area (Å²) in [6, 6.07) is 4.72. The molecule has 1 aromatic heterocycles. The summed E-state index contributed by atoms with van der Waals surface area (Å²) in [5.74, 6) is -2.42. The summed E-state index contributed by atoms with van der Waals surface area (Å²) in [6.45, 7) is -0.571. The van der Waals surface area contributed by atoms with Crippen LogP contribution in [0.15, 0.2) is 41.1 Å². The Morgan fingerprint density at radius 1 is 1.38 bits per heavy atom. The number of nitrogens with zero attached hydrogens (tertiary/aromatic N) is 1. The fourth-order valence-corrected chi connectivity index (χ4v) is 2.27. The Morgan fingerprint density at radius 2 is 2.17 bits per heavy atom. The number of nitro groups is 1. The molecule has 124 valence electrons. The van der Waals surface area contributed by atoms with Crippen LogP contribution < -0.4 is 5.32 Å². The quantitative estimate of drug-likeness (QED) is 0.374. The van der Waals surface area contributed by atoms with Gasteiger partial charge in [-0.1, -0.05) is 0 Å². The van der Waals surface area contributed by atoms with E-state index in [1.54, 1.807) is 6.08 Å². The molecule has 2 rings (SSSR count). The molecule has 0 atom stereocenters. The lowest BCUT2D eigenvalue weighted by molar-refractivity contribution is -0.387. The molecule has 1 heterocycles. The molecule has 0 aliphatic heterocycles. The number of hydrogen-bond acceptors (Lipinski definition) is 6. The molecule has 7 nitrogen and oxygen atoms in total. The molecular weight excluding hydrogens is 339 g/mol. The van der Waals surface area contributed by atoms with Crippen LogP contribution in [-0.2, 0) is 14.3 Å². The average Bonchev–Trinajstić information content (AvgIpc) is 3.06. The Kier molecular flexibility index (Phi) is 5.74. The average molecular weight is 350 g/mol. The van der Waals surface area contributed by atoms with Crippen molar-refractivity contribution >= 4 is 40.7 Å². The van der Waals surface area contributed by atoms with Crippen LogP contribution in [0.2, 0.25) is 0 Å². The topological polar surface area (TPSA) is 98.5 Å². The van der Waals surface area contributed by atoms with E-state index in [4.69, 9.17) is 4.74 Å². The number of benzene rings is 1. The Labute approximate surface area is 139 Å². The molecule has 24 heavy (non-hydrogen) atoms. The third kappa shape index (κ3) is 4.99. The van der Waals surface area contributed by atoms with Gasteiger partial charge in [0.15, 0.2) is 6.61 Å². The van der Waals surface area contributed by atoms with Crippen LogP contribution in [0.1, 0.15) is 5.56 Å². The number of thiophene rings is 1. The number of rotatable bonds is 6. The molecule has 1 amide bonds. The second kappa shape index (κ2) is 7.97. The highest BCUT2D eigenvalue weighted by Crippen LogP contribution is 2.21. The maximum absolute atomic E-state index is 13.2. The predicted octanol–water partition coefficient (Wildman–Crippen LogP) is 2.99. The zero-order valence-corrected chi connectivity index (χ0v) is 12.9. The third-order valence-electron chi connectivity index (χ3n) is 2.73. The van der Waals surface area contributed by atoms with Gasteiger partial charge in [-0.05, 0) is 40.6 Å². The van der Waals surface area contributed by atoms with E-state index in [1.165, 1.54) is 23.5 Å². The second-order valence-electron chi connectivity index (χ2n) is 4.47. The van der Waals surface area contributed by atoms with Crippen LogP contribution in [0.4, 0.5) is 15.8 Å². The second-order valence-corrected chi connectivity index (χ2v) is 5.25. The van der Waals surface area contributed by atoms with Crippen molar-refractivity contribution in [2.75, 3.05) is 11.9 Å². The van der Waals surface area contributed by atoms with Crippen LogP contribution in [0.3, 0.4) is 0 Å². The van der Waals surface area contributed by atoms with Crippen molar-refractivity contribution in [3.8, 4) is 0 Å². The van der Waals surface area contributed by atoms with Crippen LogP contribution in [0.25, 0.3) is 6.08 Å². The van der Waals surface area contributed by atoms with Crippen LogP contribution in [0.5, 0.6) is 0 Å². The first-order valence-corrected chi connectivity index (χ1v) is 7.51. The van der Waals surface area contributed by atoms with E-state index >= 15 is 0 Å². The van der Waals surface area contributed by atoms with Gasteiger partial charge in [0.05, 0.1) is 4.92 Å². The Hall–Kier alpha value is -3.07. The lowest BCUT2D eigenvalue weighted by atomic mass is 10.2. The van der Waals surface area contributed by atoms with Crippen LogP contribution in [-0.4, -0.2) is 23.4 Å².